The van der Waals surface area contributed by atoms with Crippen LogP contribution in [0, 0.1) is 17.2 Å². The number of nitrogens with one attached hydrogen (secondary N) is 1. The fourth-order valence-corrected chi connectivity index (χ4v) is 3.04. The molecule has 6 nitrogen and oxygen atoms in total. The summed E-state index contributed by atoms with van der Waals surface area (Å²) in [4.78, 5) is 11.6. The van der Waals surface area contributed by atoms with Crippen molar-refractivity contribution in [3.05, 3.63) is 29.8 Å². The van der Waals surface area contributed by atoms with Crippen LogP contribution < -0.4 is 4.72 Å². The van der Waals surface area contributed by atoms with E-state index in [0.29, 0.717) is 6.42 Å². The van der Waals surface area contributed by atoms with Crippen molar-refractivity contribution in [2.75, 3.05) is 7.11 Å². The molecule has 0 radical (unpaired) electrons. The number of hydrogen-bond donors (Lipinski definition) is 1. The Morgan fingerprint density at radius 1 is 1.43 bits per heavy atom. The van der Waals surface area contributed by atoms with E-state index in [1.807, 2.05) is 19.9 Å². The van der Waals surface area contributed by atoms with Gasteiger partial charge < -0.3 is 4.74 Å². The molecule has 21 heavy (non-hydrogen) atoms. The fraction of sp³-hybridized carbons (Fsp3) is 0.429. The average molecular weight is 310 g/mol. The number of esters is 1. The molecule has 1 N–H and O–H groups in total. The van der Waals surface area contributed by atoms with E-state index in [0.717, 1.165) is 0 Å². The summed E-state index contributed by atoms with van der Waals surface area (Å²) >= 11 is 0. The number of hydrogen-bond acceptors (Lipinski definition) is 5. The highest BCUT2D eigenvalue weighted by Gasteiger charge is 2.27. The van der Waals surface area contributed by atoms with Crippen LogP contribution >= 0.6 is 0 Å². The summed E-state index contributed by atoms with van der Waals surface area (Å²) in [6.45, 7) is 3.75. The Kier molecular flexibility index (Phi) is 5.88. The maximum Gasteiger partial charge on any atom is 0.323 e. The summed E-state index contributed by atoms with van der Waals surface area (Å²) in [7, 11) is -2.69. The van der Waals surface area contributed by atoms with Gasteiger partial charge in [0, 0.05) is 0 Å². The van der Waals surface area contributed by atoms with E-state index in [-0.39, 0.29) is 16.4 Å². The van der Waals surface area contributed by atoms with Gasteiger partial charge in [0.15, 0.2) is 0 Å². The zero-order valence-electron chi connectivity index (χ0n) is 12.2. The third-order valence-corrected chi connectivity index (χ3v) is 4.23. The Labute approximate surface area is 124 Å². The molecular weight excluding hydrogens is 292 g/mol. The molecule has 0 bridgehead atoms. The van der Waals surface area contributed by atoms with Gasteiger partial charge in [-0.3, -0.25) is 4.79 Å². The zero-order chi connectivity index (χ0) is 16.0. The predicted octanol–water partition coefficient (Wildman–Crippen LogP) is 1.42. The average Bonchev–Trinajstić information content (AvgIpc) is 2.45. The number of nitrogens with zero attached hydrogens (tertiary/aromatic N) is 1. The molecule has 1 aromatic carbocycles. The quantitative estimate of drug-likeness (QED) is 0.802. The van der Waals surface area contributed by atoms with Crippen LogP contribution in [0.15, 0.2) is 29.2 Å². The van der Waals surface area contributed by atoms with Crippen molar-refractivity contribution < 1.29 is 17.9 Å². The van der Waals surface area contributed by atoms with Gasteiger partial charge in [-0.2, -0.15) is 9.98 Å². The third kappa shape index (κ3) is 4.85. The molecule has 0 aromatic heterocycles. The molecule has 0 saturated heterocycles. The number of methoxy groups -OCH3 is 1. The van der Waals surface area contributed by atoms with Crippen molar-refractivity contribution >= 4 is 16.0 Å². The van der Waals surface area contributed by atoms with Gasteiger partial charge in [0.2, 0.25) is 10.0 Å². The molecule has 0 amide bonds. The van der Waals surface area contributed by atoms with Gasteiger partial charge in [0.05, 0.1) is 23.6 Å². The Morgan fingerprint density at radius 2 is 2.10 bits per heavy atom. The molecule has 0 aliphatic rings. The molecule has 0 spiro atoms. The lowest BCUT2D eigenvalue weighted by molar-refractivity contribution is -0.143. The maximum absolute atomic E-state index is 12.3. The van der Waals surface area contributed by atoms with Crippen molar-refractivity contribution in [2.45, 2.75) is 31.2 Å². The number of benzene rings is 1. The topological polar surface area (TPSA) is 96.3 Å². The number of sulfonamides is 1. The minimum absolute atomic E-state index is 0.0563. The SMILES string of the molecule is COC(=O)C(CC(C)C)NS(=O)(=O)c1cccc(C#N)c1. The molecule has 1 aromatic rings. The minimum Gasteiger partial charge on any atom is -0.468 e. The van der Waals surface area contributed by atoms with E-state index < -0.39 is 22.0 Å². The molecule has 0 fully saturated rings. The molecule has 0 saturated carbocycles. The van der Waals surface area contributed by atoms with Gasteiger partial charge in [-0.15, -0.1) is 0 Å². The molecule has 0 aliphatic carbocycles. The van der Waals surface area contributed by atoms with Crippen LogP contribution in [0.5, 0.6) is 0 Å². The highest BCUT2D eigenvalue weighted by atomic mass is 32.2. The lowest BCUT2D eigenvalue weighted by Gasteiger charge is -2.18. The molecule has 114 valence electrons. The first-order valence-electron chi connectivity index (χ1n) is 6.40. The number of carbonyl (C=O) groups is 1. The second-order valence-corrected chi connectivity index (χ2v) is 6.68. The first-order chi connectivity index (χ1) is 9.80. The highest BCUT2D eigenvalue weighted by Crippen LogP contribution is 2.14. The highest BCUT2D eigenvalue weighted by molar-refractivity contribution is 7.89. The van der Waals surface area contributed by atoms with Crippen molar-refractivity contribution in [3.8, 4) is 6.07 Å². The van der Waals surface area contributed by atoms with Crippen molar-refractivity contribution in [3.63, 3.8) is 0 Å². The van der Waals surface area contributed by atoms with E-state index in [1.165, 1.54) is 31.4 Å². The van der Waals surface area contributed by atoms with Gasteiger partial charge in [0.1, 0.15) is 6.04 Å². The number of rotatable bonds is 6. The molecule has 1 atom stereocenters. The van der Waals surface area contributed by atoms with E-state index in [2.05, 4.69) is 9.46 Å². The Balaban J connectivity index is 3.05. The first kappa shape index (κ1) is 17.1. The van der Waals surface area contributed by atoms with E-state index in [9.17, 15) is 13.2 Å². The second kappa shape index (κ2) is 7.20. The van der Waals surface area contributed by atoms with Crippen LogP contribution in [-0.4, -0.2) is 27.5 Å². The lowest BCUT2D eigenvalue weighted by atomic mass is 10.1. The van der Waals surface area contributed by atoms with Gasteiger partial charge >= 0.3 is 5.97 Å². The molecule has 7 heteroatoms. The lowest BCUT2D eigenvalue weighted by Crippen LogP contribution is -2.42. The standard InChI is InChI=1S/C14H18N2O4S/c1-10(2)7-13(14(17)20-3)16-21(18,19)12-6-4-5-11(8-12)9-15/h4-6,8,10,13,16H,7H2,1-3H3. The van der Waals surface area contributed by atoms with Crippen LogP contribution in [0.3, 0.4) is 0 Å². The van der Waals surface area contributed by atoms with Gasteiger partial charge in [0.25, 0.3) is 0 Å². The number of nitriles is 1. The molecule has 0 heterocycles. The zero-order valence-corrected chi connectivity index (χ0v) is 13.0. The molecular formula is C14H18N2O4S. The summed E-state index contributed by atoms with van der Waals surface area (Å²) in [6.07, 6.45) is 0.323. The summed E-state index contributed by atoms with van der Waals surface area (Å²) in [5.74, 6) is -0.522. The Bertz CT molecular complexity index is 647. The maximum atomic E-state index is 12.3. The van der Waals surface area contributed by atoms with E-state index in [1.54, 1.807) is 0 Å². The van der Waals surface area contributed by atoms with Gasteiger partial charge in [-0.05, 0) is 30.5 Å². The predicted molar refractivity (Wildman–Crippen MR) is 76.7 cm³/mol. The third-order valence-electron chi connectivity index (χ3n) is 2.76. The first-order valence-corrected chi connectivity index (χ1v) is 7.88. The number of ether oxygens (including phenoxy) is 1. The van der Waals surface area contributed by atoms with Gasteiger partial charge in [-0.25, -0.2) is 8.42 Å². The van der Waals surface area contributed by atoms with Crippen molar-refractivity contribution in [2.24, 2.45) is 5.92 Å². The summed E-state index contributed by atoms with van der Waals surface area (Å²) in [5, 5.41) is 8.82. The van der Waals surface area contributed by atoms with Crippen LogP contribution in [-0.2, 0) is 19.6 Å². The summed E-state index contributed by atoms with van der Waals surface area (Å²) < 4.78 is 31.5. The minimum atomic E-state index is -3.89. The fourth-order valence-electron chi connectivity index (χ4n) is 1.79. The van der Waals surface area contributed by atoms with E-state index >= 15 is 0 Å². The van der Waals surface area contributed by atoms with Crippen molar-refractivity contribution in [1.82, 2.24) is 4.72 Å². The normalized spacial score (nSPS) is 12.7. The van der Waals surface area contributed by atoms with Gasteiger partial charge in [-0.1, -0.05) is 19.9 Å². The Morgan fingerprint density at radius 3 is 2.62 bits per heavy atom. The molecule has 1 unspecified atom stereocenters. The van der Waals surface area contributed by atoms with Crippen LogP contribution in [0.2, 0.25) is 0 Å². The summed E-state index contributed by atoms with van der Waals surface area (Å²) in [6, 6.07) is 6.53. The Hall–Kier alpha value is -1.91. The van der Waals surface area contributed by atoms with Crippen LogP contribution in [0.1, 0.15) is 25.8 Å². The molecule has 0 aliphatic heterocycles. The second-order valence-electron chi connectivity index (χ2n) is 4.97. The van der Waals surface area contributed by atoms with Crippen LogP contribution in [0.25, 0.3) is 0 Å². The summed E-state index contributed by atoms with van der Waals surface area (Å²) in [5.41, 5.74) is 0.233. The number of carbonyl (C=O) groups excluding carboxylic acids is 1. The smallest absolute Gasteiger partial charge is 0.323 e. The van der Waals surface area contributed by atoms with Crippen molar-refractivity contribution in [1.29, 1.82) is 5.26 Å². The van der Waals surface area contributed by atoms with E-state index in [4.69, 9.17) is 5.26 Å². The molecule has 1 rings (SSSR count). The monoisotopic (exact) mass is 310 g/mol. The van der Waals surface area contributed by atoms with Crippen LogP contribution in [0.4, 0.5) is 0 Å². The largest absolute Gasteiger partial charge is 0.468 e.